The summed E-state index contributed by atoms with van der Waals surface area (Å²) in [5, 5.41) is 14.4. The molecule has 0 unspecified atom stereocenters. The van der Waals surface area contributed by atoms with E-state index in [1.165, 1.54) is 17.1 Å². The van der Waals surface area contributed by atoms with Crippen LogP contribution in [-0.4, -0.2) is 56.7 Å². The summed E-state index contributed by atoms with van der Waals surface area (Å²) in [5.41, 5.74) is 5.89. The lowest BCUT2D eigenvalue weighted by molar-refractivity contribution is -0.385. The lowest BCUT2D eigenvalue weighted by Crippen LogP contribution is -2.42. The monoisotopic (exact) mass is 412 g/mol. The molecule has 0 radical (unpaired) electrons. The van der Waals surface area contributed by atoms with Crippen molar-refractivity contribution < 1.29 is 4.92 Å². The van der Waals surface area contributed by atoms with Crippen molar-refractivity contribution in [3.05, 3.63) is 22.5 Å². The van der Waals surface area contributed by atoms with Crippen LogP contribution in [0, 0.1) is 10.1 Å². The zero-order chi connectivity index (χ0) is 13.7. The van der Waals surface area contributed by atoms with Crippen molar-refractivity contribution in [2.45, 2.75) is 6.54 Å². The third kappa shape index (κ3) is 4.81. The van der Waals surface area contributed by atoms with Gasteiger partial charge in [-0.2, -0.15) is 16.9 Å². The van der Waals surface area contributed by atoms with Gasteiger partial charge in [0.25, 0.3) is 0 Å². The van der Waals surface area contributed by atoms with Gasteiger partial charge in [-0.3, -0.25) is 19.8 Å². The average molecular weight is 412 g/mol. The van der Waals surface area contributed by atoms with Crippen LogP contribution in [0.15, 0.2) is 17.4 Å². The summed E-state index contributed by atoms with van der Waals surface area (Å²) >= 11 is 1.91. The minimum atomic E-state index is -0.466. The standard InChI is InChI=1S/C10H16N6O2S.HI/c11-10(14-3-5-19-6-4-14)12-1-2-15-8-9(7-13-15)16(17)18;/h7-8H,1-6H2,(H2,11,12);1H. The maximum Gasteiger partial charge on any atom is 0.306 e. The Hall–Kier alpha value is -1.04. The molecule has 10 heteroatoms. The van der Waals surface area contributed by atoms with Crippen molar-refractivity contribution in [1.29, 1.82) is 0 Å². The minimum absolute atomic E-state index is 0. The molecule has 8 nitrogen and oxygen atoms in total. The topological polar surface area (TPSA) is 103 Å². The Morgan fingerprint density at radius 2 is 2.25 bits per heavy atom. The lowest BCUT2D eigenvalue weighted by atomic mass is 10.5. The first-order valence-electron chi connectivity index (χ1n) is 5.96. The van der Waals surface area contributed by atoms with Gasteiger partial charge < -0.3 is 10.6 Å². The number of nitrogens with zero attached hydrogens (tertiary/aromatic N) is 5. The first kappa shape index (κ1) is 17.0. The number of aliphatic imine (C=N–C) groups is 1. The Morgan fingerprint density at radius 1 is 1.55 bits per heavy atom. The summed E-state index contributed by atoms with van der Waals surface area (Å²) < 4.78 is 1.50. The average Bonchev–Trinajstić information content (AvgIpc) is 2.89. The van der Waals surface area contributed by atoms with Crippen LogP contribution in [0.2, 0.25) is 0 Å². The molecular weight excluding hydrogens is 395 g/mol. The second kappa shape index (κ2) is 8.29. The van der Waals surface area contributed by atoms with E-state index in [0.29, 0.717) is 19.0 Å². The Bertz CT molecular complexity index is 474. The predicted molar refractivity (Wildman–Crippen MR) is 89.7 cm³/mol. The number of aromatic nitrogens is 2. The van der Waals surface area contributed by atoms with E-state index in [2.05, 4.69) is 15.0 Å². The fraction of sp³-hybridized carbons (Fsp3) is 0.600. The molecule has 0 saturated carbocycles. The highest BCUT2D eigenvalue weighted by atomic mass is 127. The molecule has 0 bridgehead atoms. The SMILES string of the molecule is I.NC(=NCCn1cc([N+](=O)[O-])cn1)N1CCSCC1. The quantitative estimate of drug-likeness (QED) is 0.258. The molecule has 0 amide bonds. The second-order valence-electron chi connectivity index (χ2n) is 4.06. The molecule has 0 spiro atoms. The molecule has 1 aliphatic rings. The number of hydrogen-bond acceptors (Lipinski definition) is 5. The van der Waals surface area contributed by atoms with Crippen LogP contribution in [0.25, 0.3) is 0 Å². The van der Waals surface area contributed by atoms with E-state index in [1.54, 1.807) is 0 Å². The van der Waals surface area contributed by atoms with Crippen LogP contribution in [0.3, 0.4) is 0 Å². The van der Waals surface area contributed by atoms with Gasteiger partial charge in [-0.1, -0.05) is 0 Å². The third-order valence-corrected chi connectivity index (χ3v) is 3.71. The fourth-order valence-corrected chi connectivity index (χ4v) is 2.63. The van der Waals surface area contributed by atoms with Gasteiger partial charge in [-0.15, -0.1) is 24.0 Å². The van der Waals surface area contributed by atoms with Crippen molar-refractivity contribution in [3.63, 3.8) is 0 Å². The highest BCUT2D eigenvalue weighted by molar-refractivity contribution is 14.0. The molecule has 2 N–H and O–H groups in total. The summed E-state index contributed by atoms with van der Waals surface area (Å²) in [5.74, 6) is 2.69. The summed E-state index contributed by atoms with van der Waals surface area (Å²) in [4.78, 5) is 16.4. The van der Waals surface area contributed by atoms with E-state index in [9.17, 15) is 10.1 Å². The molecule has 0 atom stereocenters. The number of rotatable bonds is 4. The van der Waals surface area contributed by atoms with Crippen LogP contribution < -0.4 is 5.73 Å². The van der Waals surface area contributed by atoms with E-state index >= 15 is 0 Å². The Labute approximate surface area is 138 Å². The molecule has 1 aromatic heterocycles. The number of hydrogen-bond donors (Lipinski definition) is 1. The lowest BCUT2D eigenvalue weighted by Gasteiger charge is -2.27. The summed E-state index contributed by atoms with van der Waals surface area (Å²) in [6, 6.07) is 0. The molecule has 20 heavy (non-hydrogen) atoms. The third-order valence-electron chi connectivity index (χ3n) is 2.77. The highest BCUT2D eigenvalue weighted by Crippen LogP contribution is 2.09. The molecule has 1 saturated heterocycles. The largest absolute Gasteiger partial charge is 0.370 e. The molecule has 1 fully saturated rings. The normalized spacial score (nSPS) is 15.8. The van der Waals surface area contributed by atoms with Crippen LogP contribution in [0.5, 0.6) is 0 Å². The van der Waals surface area contributed by atoms with Crippen molar-refractivity contribution in [2.75, 3.05) is 31.1 Å². The van der Waals surface area contributed by atoms with Gasteiger partial charge >= 0.3 is 5.69 Å². The molecule has 0 aliphatic carbocycles. The van der Waals surface area contributed by atoms with E-state index in [0.717, 1.165) is 24.6 Å². The first-order valence-corrected chi connectivity index (χ1v) is 7.12. The van der Waals surface area contributed by atoms with Crippen molar-refractivity contribution in [3.8, 4) is 0 Å². The predicted octanol–water partition coefficient (Wildman–Crippen LogP) is 0.773. The van der Waals surface area contributed by atoms with Crippen molar-refractivity contribution in [2.24, 2.45) is 10.7 Å². The van der Waals surface area contributed by atoms with E-state index < -0.39 is 4.92 Å². The molecule has 2 rings (SSSR count). The Morgan fingerprint density at radius 3 is 2.85 bits per heavy atom. The Kier molecular flexibility index (Phi) is 7.05. The van der Waals surface area contributed by atoms with Crippen molar-refractivity contribution >= 4 is 47.4 Å². The molecular formula is C10H17IN6O2S. The van der Waals surface area contributed by atoms with Crippen LogP contribution in [-0.2, 0) is 6.54 Å². The molecule has 1 aromatic rings. The first-order chi connectivity index (χ1) is 9.16. The van der Waals surface area contributed by atoms with Gasteiger partial charge in [0.15, 0.2) is 5.96 Å². The van der Waals surface area contributed by atoms with Gasteiger partial charge in [0, 0.05) is 24.6 Å². The Balaban J connectivity index is 0.00000200. The number of halogens is 1. The smallest absolute Gasteiger partial charge is 0.306 e. The highest BCUT2D eigenvalue weighted by Gasteiger charge is 2.12. The maximum atomic E-state index is 10.5. The summed E-state index contributed by atoms with van der Waals surface area (Å²) in [6.45, 7) is 2.80. The number of nitrogens with two attached hydrogens (primary N) is 1. The summed E-state index contributed by atoms with van der Waals surface area (Å²) in [7, 11) is 0. The van der Waals surface area contributed by atoms with Gasteiger partial charge in [-0.05, 0) is 0 Å². The minimum Gasteiger partial charge on any atom is -0.370 e. The van der Waals surface area contributed by atoms with Gasteiger partial charge in [0.05, 0.1) is 18.0 Å². The number of guanidine groups is 1. The fourth-order valence-electron chi connectivity index (χ4n) is 1.73. The zero-order valence-electron chi connectivity index (χ0n) is 10.8. The van der Waals surface area contributed by atoms with E-state index in [1.807, 2.05) is 11.8 Å². The van der Waals surface area contributed by atoms with Crippen LogP contribution >= 0.6 is 35.7 Å². The number of nitro groups is 1. The van der Waals surface area contributed by atoms with Crippen LogP contribution in [0.1, 0.15) is 0 Å². The maximum absolute atomic E-state index is 10.5. The molecule has 1 aliphatic heterocycles. The molecule has 112 valence electrons. The van der Waals surface area contributed by atoms with E-state index in [4.69, 9.17) is 5.73 Å². The number of thioether (sulfide) groups is 1. The molecule has 2 heterocycles. The van der Waals surface area contributed by atoms with Crippen LogP contribution in [0.4, 0.5) is 5.69 Å². The van der Waals surface area contributed by atoms with Gasteiger partial charge in [0.2, 0.25) is 0 Å². The second-order valence-corrected chi connectivity index (χ2v) is 5.28. The van der Waals surface area contributed by atoms with E-state index in [-0.39, 0.29) is 29.7 Å². The van der Waals surface area contributed by atoms with Crippen molar-refractivity contribution in [1.82, 2.24) is 14.7 Å². The molecule has 0 aromatic carbocycles. The van der Waals surface area contributed by atoms with Gasteiger partial charge in [0.1, 0.15) is 12.4 Å². The summed E-state index contributed by atoms with van der Waals surface area (Å²) in [6.07, 6.45) is 2.62. The van der Waals surface area contributed by atoms with Gasteiger partial charge in [-0.25, -0.2) is 0 Å². The zero-order valence-corrected chi connectivity index (χ0v) is 14.0.